The molecule has 0 aliphatic rings. The summed E-state index contributed by atoms with van der Waals surface area (Å²) in [7, 11) is 0. The highest BCUT2D eigenvalue weighted by molar-refractivity contribution is 6.12. The van der Waals surface area contributed by atoms with E-state index in [4.69, 9.17) is 5.10 Å². The monoisotopic (exact) mass is 538 g/mol. The van der Waals surface area contributed by atoms with Crippen LogP contribution in [0, 0.1) is 0 Å². The second kappa shape index (κ2) is 10.0. The van der Waals surface area contributed by atoms with Crippen LogP contribution >= 0.6 is 0 Å². The lowest BCUT2D eigenvalue weighted by molar-refractivity contribution is 1.12. The zero-order valence-corrected chi connectivity index (χ0v) is 22.8. The van der Waals surface area contributed by atoms with Crippen LogP contribution in [0.15, 0.2) is 158 Å². The van der Waals surface area contributed by atoms with Crippen LogP contribution in [-0.4, -0.2) is 14.6 Å². The Labute approximate surface area is 243 Å². The molecule has 2 aromatic heterocycles. The number of hydrogen-bond donors (Lipinski definition) is 0. The van der Waals surface area contributed by atoms with Gasteiger partial charge in [-0.1, -0.05) is 103 Å². The van der Waals surface area contributed by atoms with Gasteiger partial charge in [0, 0.05) is 33.4 Å². The van der Waals surface area contributed by atoms with Crippen LogP contribution in [0.1, 0.15) is 0 Å². The number of aromatic nitrogens is 3. The van der Waals surface area contributed by atoms with E-state index in [0.717, 1.165) is 45.0 Å². The molecule has 0 fully saturated rings. The molecule has 4 heteroatoms. The largest absolute Gasteiger partial charge is 0.311 e. The van der Waals surface area contributed by atoms with Gasteiger partial charge in [-0.2, -0.15) is 0 Å². The highest BCUT2D eigenvalue weighted by atomic mass is 15.2. The molecule has 0 saturated carbocycles. The minimum absolute atomic E-state index is 0.831. The number of nitrogens with zero attached hydrogens (tertiary/aromatic N) is 4. The highest BCUT2D eigenvalue weighted by Crippen LogP contribution is 2.37. The van der Waals surface area contributed by atoms with Gasteiger partial charge < -0.3 is 4.90 Å². The number of anilines is 3. The van der Waals surface area contributed by atoms with Gasteiger partial charge in [0.15, 0.2) is 11.5 Å². The van der Waals surface area contributed by atoms with E-state index in [2.05, 4.69) is 160 Å². The summed E-state index contributed by atoms with van der Waals surface area (Å²) in [5, 5.41) is 12.8. The van der Waals surface area contributed by atoms with E-state index in [1.54, 1.807) is 0 Å². The van der Waals surface area contributed by atoms with Crippen molar-refractivity contribution in [3.8, 4) is 22.5 Å². The molecule has 8 rings (SSSR count). The molecule has 198 valence electrons. The minimum Gasteiger partial charge on any atom is -0.311 e. The molecule has 6 aromatic carbocycles. The van der Waals surface area contributed by atoms with Crippen molar-refractivity contribution in [2.24, 2.45) is 0 Å². The molecular formula is C38H26N4. The zero-order valence-electron chi connectivity index (χ0n) is 22.8. The molecule has 4 nitrogen and oxygen atoms in total. The van der Waals surface area contributed by atoms with Crippen LogP contribution in [0.5, 0.6) is 0 Å². The third kappa shape index (κ3) is 4.01. The normalized spacial score (nSPS) is 11.3. The zero-order chi connectivity index (χ0) is 27.9. The quantitative estimate of drug-likeness (QED) is 0.205. The summed E-state index contributed by atoms with van der Waals surface area (Å²) in [5.74, 6) is 0.831. The van der Waals surface area contributed by atoms with Crippen LogP contribution in [0.3, 0.4) is 0 Å². The summed E-state index contributed by atoms with van der Waals surface area (Å²) in [6.45, 7) is 0. The number of benzene rings is 6. The van der Waals surface area contributed by atoms with E-state index in [0.29, 0.717) is 0 Å². The number of hydrogen-bond acceptors (Lipinski definition) is 3. The van der Waals surface area contributed by atoms with Gasteiger partial charge in [0.05, 0.1) is 5.52 Å². The molecular weight excluding hydrogens is 512 g/mol. The minimum atomic E-state index is 0.831. The maximum Gasteiger partial charge on any atom is 0.169 e. The van der Waals surface area contributed by atoms with Gasteiger partial charge in [0.2, 0.25) is 0 Å². The van der Waals surface area contributed by atoms with Gasteiger partial charge in [-0.05, 0) is 71.1 Å². The fourth-order valence-electron chi connectivity index (χ4n) is 5.90. The first-order valence-corrected chi connectivity index (χ1v) is 14.1. The van der Waals surface area contributed by atoms with E-state index in [1.165, 1.54) is 21.9 Å². The second-order valence-electron chi connectivity index (χ2n) is 10.4. The summed E-state index contributed by atoms with van der Waals surface area (Å²) in [4.78, 5) is 2.28. The average molecular weight is 539 g/mol. The van der Waals surface area contributed by atoms with Crippen LogP contribution in [0.4, 0.5) is 17.1 Å². The number of rotatable bonds is 5. The van der Waals surface area contributed by atoms with Gasteiger partial charge in [-0.25, -0.2) is 0 Å². The maximum atomic E-state index is 4.69. The predicted molar refractivity (Wildman–Crippen MR) is 174 cm³/mol. The molecule has 0 radical (unpaired) electrons. The first-order valence-electron chi connectivity index (χ1n) is 14.1. The molecule has 0 aliphatic carbocycles. The molecule has 42 heavy (non-hydrogen) atoms. The van der Waals surface area contributed by atoms with E-state index >= 15 is 0 Å². The van der Waals surface area contributed by atoms with Gasteiger partial charge in [0.1, 0.15) is 0 Å². The second-order valence-corrected chi connectivity index (χ2v) is 10.4. The van der Waals surface area contributed by atoms with Gasteiger partial charge in [-0.3, -0.25) is 4.40 Å². The van der Waals surface area contributed by atoms with Crippen molar-refractivity contribution in [1.82, 2.24) is 14.6 Å². The Morgan fingerprint density at radius 1 is 0.381 bits per heavy atom. The summed E-state index contributed by atoms with van der Waals surface area (Å²) < 4.78 is 2.18. The predicted octanol–water partition coefficient (Wildman–Crippen LogP) is 9.84. The summed E-state index contributed by atoms with van der Waals surface area (Å²) in [6, 6.07) is 55.2. The topological polar surface area (TPSA) is 33.4 Å². The first kappa shape index (κ1) is 24.1. The Hall–Kier alpha value is -5.74. The number of pyridine rings is 1. The lowest BCUT2D eigenvalue weighted by Crippen LogP contribution is -2.09. The lowest BCUT2D eigenvalue weighted by Gasteiger charge is -2.25. The van der Waals surface area contributed by atoms with Gasteiger partial charge in [0.25, 0.3) is 0 Å². The van der Waals surface area contributed by atoms with Crippen molar-refractivity contribution in [1.29, 1.82) is 0 Å². The lowest BCUT2D eigenvalue weighted by atomic mass is 10.0. The van der Waals surface area contributed by atoms with Crippen molar-refractivity contribution in [3.63, 3.8) is 0 Å². The van der Waals surface area contributed by atoms with Crippen molar-refractivity contribution >= 4 is 44.4 Å². The van der Waals surface area contributed by atoms with Crippen molar-refractivity contribution in [2.75, 3.05) is 4.90 Å². The molecule has 0 N–H and O–H groups in total. The van der Waals surface area contributed by atoms with Gasteiger partial charge in [-0.15, -0.1) is 10.2 Å². The van der Waals surface area contributed by atoms with E-state index in [9.17, 15) is 0 Å². The third-order valence-electron chi connectivity index (χ3n) is 7.90. The SMILES string of the molecule is c1ccc(-c2ccc(N(c3ccccc3)c3ccc(-c4nnc5c6ccccc6c6ccccc6n45)cc3)cc2)cc1. The van der Waals surface area contributed by atoms with Crippen molar-refractivity contribution in [2.45, 2.75) is 0 Å². The Morgan fingerprint density at radius 2 is 0.881 bits per heavy atom. The summed E-state index contributed by atoms with van der Waals surface area (Å²) in [5.41, 5.74) is 8.65. The highest BCUT2D eigenvalue weighted by Gasteiger charge is 2.17. The summed E-state index contributed by atoms with van der Waals surface area (Å²) in [6.07, 6.45) is 0. The number of para-hydroxylation sites is 2. The Balaban J connectivity index is 1.23. The first-order chi connectivity index (χ1) is 20.8. The molecule has 0 amide bonds. The van der Waals surface area contributed by atoms with Gasteiger partial charge >= 0.3 is 0 Å². The molecule has 8 aromatic rings. The molecule has 0 unspecified atom stereocenters. The van der Waals surface area contributed by atoms with Crippen molar-refractivity contribution < 1.29 is 0 Å². The van der Waals surface area contributed by atoms with Crippen LogP contribution in [0.2, 0.25) is 0 Å². The Kier molecular flexibility index (Phi) is 5.75. The van der Waals surface area contributed by atoms with Crippen LogP contribution < -0.4 is 4.90 Å². The van der Waals surface area contributed by atoms with E-state index < -0.39 is 0 Å². The fourth-order valence-corrected chi connectivity index (χ4v) is 5.90. The van der Waals surface area contributed by atoms with Crippen LogP contribution in [-0.2, 0) is 0 Å². The average Bonchev–Trinajstić information content (AvgIpc) is 3.53. The molecule has 0 aliphatic heterocycles. The third-order valence-corrected chi connectivity index (χ3v) is 7.90. The Morgan fingerprint density at radius 3 is 1.57 bits per heavy atom. The summed E-state index contributed by atoms with van der Waals surface area (Å²) >= 11 is 0. The molecule has 0 atom stereocenters. The Bertz CT molecular complexity index is 2170. The van der Waals surface area contributed by atoms with E-state index in [1.807, 2.05) is 12.1 Å². The molecule has 2 heterocycles. The smallest absolute Gasteiger partial charge is 0.169 e. The molecule has 0 bridgehead atoms. The number of fused-ring (bicyclic) bond motifs is 6. The van der Waals surface area contributed by atoms with Crippen molar-refractivity contribution in [3.05, 3.63) is 158 Å². The van der Waals surface area contributed by atoms with Crippen LogP contribution in [0.25, 0.3) is 49.8 Å². The van der Waals surface area contributed by atoms with E-state index in [-0.39, 0.29) is 0 Å². The molecule has 0 spiro atoms. The standard InChI is InChI=1S/C38H26N4/c1-3-11-27(12-4-1)28-19-23-31(24-20-28)41(30-13-5-2-6-14-30)32-25-21-29(22-26-32)37-39-40-38-35-17-8-7-15-33(35)34-16-9-10-18-36(34)42(37)38/h1-26H. The fraction of sp³-hybridized carbons (Fsp3) is 0. The maximum absolute atomic E-state index is 4.69. The molecule has 0 saturated heterocycles.